The van der Waals surface area contributed by atoms with Gasteiger partial charge in [-0.25, -0.2) is 13.2 Å². The second-order valence-corrected chi connectivity index (χ2v) is 7.77. The number of carbonyl (C=O) groups excluding carboxylic acids is 2. The molecule has 0 spiro atoms. The third-order valence-electron chi connectivity index (χ3n) is 3.43. The monoisotopic (exact) mass is 490 g/mol. The minimum Gasteiger partial charge on any atom is -0.743 e. The molecule has 31 heavy (non-hydrogen) atoms. The van der Waals surface area contributed by atoms with E-state index in [0.29, 0.717) is 6.08 Å². The number of esters is 1. The lowest BCUT2D eigenvalue weighted by molar-refractivity contribution is -0.347. The van der Waals surface area contributed by atoms with Crippen LogP contribution in [-0.2, 0) is 29.2 Å². The Balaban J connectivity index is 5.44. The number of hydrogen-bond donors (Lipinski definition) is 1. The predicted molar refractivity (Wildman–Crippen MR) is 87.7 cm³/mol. The van der Waals surface area contributed by atoms with Crippen LogP contribution in [-0.4, -0.2) is 60.6 Å². The molecule has 0 aromatic heterocycles. The number of ether oxygens (including phenoxy) is 2. The summed E-state index contributed by atoms with van der Waals surface area (Å²) in [6, 6.07) is -0.879. The minimum atomic E-state index is -6.72. The lowest BCUT2D eigenvalue weighted by Gasteiger charge is -2.33. The number of hydrogen-bond acceptors (Lipinski definition) is 7. The molecule has 0 heterocycles. The molecule has 0 saturated carbocycles. The molecule has 1 amide bonds. The summed E-state index contributed by atoms with van der Waals surface area (Å²) < 4.78 is 133. The standard InChI is InChI=1S/C15H20F7NO7S/c1-4-10(24)30-13(14(18,19)20,11(25)23-9(2)3)29-8-6-5-7-12(16,17)15(21,22)31(26,27)28/h4,9H,1,5-8H2,2-3H3,(H,23,25)(H,26,27,28)/p-1. The first kappa shape index (κ1) is 29.1. The van der Waals surface area contributed by atoms with E-state index in [1.165, 1.54) is 13.8 Å². The van der Waals surface area contributed by atoms with Crippen LogP contribution in [0.3, 0.4) is 0 Å². The highest BCUT2D eigenvalue weighted by molar-refractivity contribution is 7.86. The van der Waals surface area contributed by atoms with E-state index in [4.69, 9.17) is 0 Å². The van der Waals surface area contributed by atoms with Gasteiger partial charge in [-0.2, -0.15) is 30.7 Å². The lowest BCUT2D eigenvalue weighted by atomic mass is 10.1. The summed E-state index contributed by atoms with van der Waals surface area (Å²) in [6.07, 6.45) is -9.17. The number of halogens is 7. The van der Waals surface area contributed by atoms with Gasteiger partial charge in [0, 0.05) is 18.5 Å². The third-order valence-corrected chi connectivity index (χ3v) is 4.36. The van der Waals surface area contributed by atoms with E-state index in [1.807, 2.05) is 0 Å². The summed E-state index contributed by atoms with van der Waals surface area (Å²) in [5, 5.41) is -4.15. The molecule has 1 unspecified atom stereocenters. The van der Waals surface area contributed by atoms with Gasteiger partial charge < -0.3 is 19.3 Å². The van der Waals surface area contributed by atoms with Gasteiger partial charge in [0.05, 0.1) is 6.61 Å². The topological polar surface area (TPSA) is 122 Å². The highest BCUT2D eigenvalue weighted by Gasteiger charge is 2.66. The van der Waals surface area contributed by atoms with Crippen molar-refractivity contribution in [3.63, 3.8) is 0 Å². The fraction of sp³-hybridized carbons (Fsp3) is 0.733. The lowest BCUT2D eigenvalue weighted by Crippen LogP contribution is -2.62. The first-order chi connectivity index (χ1) is 13.7. The summed E-state index contributed by atoms with van der Waals surface area (Å²) in [5.74, 6) is -13.2. The number of rotatable bonds is 12. The molecule has 182 valence electrons. The first-order valence-corrected chi connectivity index (χ1v) is 9.74. The van der Waals surface area contributed by atoms with Crippen molar-refractivity contribution >= 4 is 22.0 Å². The fourth-order valence-electron chi connectivity index (χ4n) is 1.94. The summed E-state index contributed by atoms with van der Waals surface area (Å²) in [6.45, 7) is 4.19. The zero-order valence-electron chi connectivity index (χ0n) is 16.1. The Labute approximate surface area is 172 Å². The Hall–Kier alpha value is -1.94. The van der Waals surface area contributed by atoms with Gasteiger partial charge in [-0.15, -0.1) is 0 Å². The highest BCUT2D eigenvalue weighted by atomic mass is 32.2. The average molecular weight is 490 g/mol. The van der Waals surface area contributed by atoms with E-state index < -0.39 is 77.0 Å². The van der Waals surface area contributed by atoms with Crippen molar-refractivity contribution < 1.29 is 62.8 Å². The van der Waals surface area contributed by atoms with Crippen LogP contribution >= 0.6 is 0 Å². The molecular weight excluding hydrogens is 471 g/mol. The number of carbonyl (C=O) groups is 2. The molecule has 0 aliphatic carbocycles. The maximum atomic E-state index is 13.5. The Morgan fingerprint density at radius 1 is 1.10 bits per heavy atom. The van der Waals surface area contributed by atoms with Crippen LogP contribution in [0.25, 0.3) is 0 Å². The molecule has 0 bridgehead atoms. The normalized spacial score (nSPS) is 15.3. The van der Waals surface area contributed by atoms with Crippen molar-refractivity contribution in [2.24, 2.45) is 0 Å². The largest absolute Gasteiger partial charge is 0.743 e. The van der Waals surface area contributed by atoms with Gasteiger partial charge in [-0.3, -0.25) is 4.79 Å². The average Bonchev–Trinajstić information content (AvgIpc) is 2.57. The molecule has 0 aromatic carbocycles. The number of unbranched alkanes of at least 4 members (excludes halogenated alkanes) is 1. The van der Waals surface area contributed by atoms with Crippen molar-refractivity contribution in [1.29, 1.82) is 0 Å². The number of nitrogens with one attached hydrogen (secondary N) is 1. The van der Waals surface area contributed by atoms with Gasteiger partial charge >= 0.3 is 35.0 Å². The SMILES string of the molecule is C=CC(=O)OC(OCCCCC(F)(F)C(F)(F)S(=O)(=O)[O-])(C(=O)NC(C)C)C(F)(F)F. The van der Waals surface area contributed by atoms with Crippen molar-refractivity contribution in [3.8, 4) is 0 Å². The third kappa shape index (κ3) is 7.03. The maximum absolute atomic E-state index is 13.5. The summed E-state index contributed by atoms with van der Waals surface area (Å²) in [4.78, 5) is 23.4. The summed E-state index contributed by atoms with van der Waals surface area (Å²) in [5.41, 5.74) is 0. The first-order valence-electron chi connectivity index (χ1n) is 8.33. The summed E-state index contributed by atoms with van der Waals surface area (Å²) in [7, 11) is -6.72. The van der Waals surface area contributed by atoms with Crippen molar-refractivity contribution in [3.05, 3.63) is 12.7 Å². The predicted octanol–water partition coefficient (Wildman–Crippen LogP) is 2.46. The van der Waals surface area contributed by atoms with Crippen LogP contribution in [0, 0.1) is 0 Å². The Morgan fingerprint density at radius 3 is 2.00 bits per heavy atom. The summed E-state index contributed by atoms with van der Waals surface area (Å²) >= 11 is 0. The van der Waals surface area contributed by atoms with Gasteiger partial charge in [0.1, 0.15) is 0 Å². The van der Waals surface area contributed by atoms with Crippen LogP contribution in [0.15, 0.2) is 12.7 Å². The van der Waals surface area contributed by atoms with Gasteiger partial charge in [0.25, 0.3) is 0 Å². The van der Waals surface area contributed by atoms with Crippen LogP contribution in [0.5, 0.6) is 0 Å². The van der Waals surface area contributed by atoms with E-state index in [9.17, 15) is 53.3 Å². The molecular formula is C15H19F7NO7S-. The number of alkyl halides is 7. The molecule has 0 fully saturated rings. The molecule has 0 rings (SSSR count). The molecule has 16 heteroatoms. The van der Waals surface area contributed by atoms with Crippen LogP contribution in [0.1, 0.15) is 33.1 Å². The molecule has 0 radical (unpaired) electrons. The van der Waals surface area contributed by atoms with E-state index in [0.717, 1.165) is 0 Å². The second kappa shape index (κ2) is 10.1. The minimum absolute atomic E-state index is 0.290. The zero-order valence-corrected chi connectivity index (χ0v) is 16.9. The molecule has 0 saturated heterocycles. The van der Waals surface area contributed by atoms with Gasteiger partial charge in [0.2, 0.25) is 0 Å². The van der Waals surface area contributed by atoms with Crippen LogP contribution < -0.4 is 5.32 Å². The van der Waals surface area contributed by atoms with Gasteiger partial charge in [0.15, 0.2) is 10.1 Å². The maximum Gasteiger partial charge on any atom is 0.466 e. The van der Waals surface area contributed by atoms with E-state index in [2.05, 4.69) is 16.1 Å². The van der Waals surface area contributed by atoms with E-state index in [1.54, 1.807) is 5.32 Å². The number of amides is 1. The van der Waals surface area contributed by atoms with Crippen LogP contribution in [0.4, 0.5) is 30.7 Å². The van der Waals surface area contributed by atoms with Gasteiger partial charge in [-0.1, -0.05) is 6.58 Å². The fourth-order valence-corrected chi connectivity index (χ4v) is 2.41. The molecule has 1 N–H and O–H groups in total. The quantitative estimate of drug-likeness (QED) is 0.111. The van der Waals surface area contributed by atoms with E-state index >= 15 is 0 Å². The molecule has 1 atom stereocenters. The molecule has 0 aromatic rings. The zero-order chi connectivity index (χ0) is 24.9. The Morgan fingerprint density at radius 2 is 1.61 bits per heavy atom. The van der Waals surface area contributed by atoms with Crippen molar-refractivity contribution in [2.75, 3.05) is 6.61 Å². The second-order valence-electron chi connectivity index (χ2n) is 6.35. The van der Waals surface area contributed by atoms with Crippen molar-refractivity contribution in [2.45, 2.75) is 62.3 Å². The smallest absolute Gasteiger partial charge is 0.466 e. The molecule has 0 aliphatic rings. The Kier molecular flexibility index (Phi) is 9.49. The molecule has 0 aliphatic heterocycles. The van der Waals surface area contributed by atoms with E-state index in [-0.39, 0.29) is 0 Å². The van der Waals surface area contributed by atoms with Crippen LogP contribution in [0.2, 0.25) is 0 Å². The van der Waals surface area contributed by atoms with Gasteiger partial charge in [-0.05, 0) is 26.7 Å². The van der Waals surface area contributed by atoms with Crippen molar-refractivity contribution in [1.82, 2.24) is 5.32 Å². The highest BCUT2D eigenvalue weighted by Crippen LogP contribution is 2.42. The Bertz CT molecular complexity index is 768. The molecule has 8 nitrogen and oxygen atoms in total.